The third kappa shape index (κ3) is 6.86. The molecule has 0 unspecified atom stereocenters. The summed E-state index contributed by atoms with van der Waals surface area (Å²) < 4.78 is 13.9. The van der Waals surface area contributed by atoms with E-state index in [0.29, 0.717) is 34.8 Å². The second-order valence-electron chi connectivity index (χ2n) is 10.7. The maximum Gasteiger partial charge on any atom is 0.251 e. The molecule has 3 aromatic rings. The van der Waals surface area contributed by atoms with Gasteiger partial charge in [0.25, 0.3) is 5.91 Å². The standard InChI is InChI=1S/C32H35FN6O2/c33-26-8-4-7-24(18-26)21-39-29-19-25(9-10-27(29)31(37-35)28(34)20-30(39)40)32(41)36-13-16-38-14-11-23(12-15-38)17-22-5-2-1-3-6-22/h1-10,18-19,23,34H,11-17,20-21,35H2,(H,36,41). The van der Waals surface area contributed by atoms with E-state index in [-0.39, 0.29) is 36.2 Å². The molecular weight excluding hydrogens is 519 g/mol. The van der Waals surface area contributed by atoms with Gasteiger partial charge in [-0.05, 0) is 79.7 Å². The van der Waals surface area contributed by atoms with Gasteiger partial charge in [0.1, 0.15) is 11.5 Å². The first kappa shape index (κ1) is 28.2. The minimum absolute atomic E-state index is 0.00904. The molecule has 0 spiro atoms. The van der Waals surface area contributed by atoms with Crippen molar-refractivity contribution in [1.82, 2.24) is 10.2 Å². The van der Waals surface area contributed by atoms with Crippen molar-refractivity contribution in [2.24, 2.45) is 16.9 Å². The van der Waals surface area contributed by atoms with E-state index in [1.807, 2.05) is 6.07 Å². The van der Waals surface area contributed by atoms with Crippen molar-refractivity contribution in [3.05, 3.63) is 101 Å². The fourth-order valence-electron chi connectivity index (χ4n) is 5.65. The number of benzene rings is 3. The molecule has 4 N–H and O–H groups in total. The maximum absolute atomic E-state index is 13.9. The molecular formula is C32H35FN6O2. The summed E-state index contributed by atoms with van der Waals surface area (Å²) in [5.74, 6) is 5.28. The molecule has 41 heavy (non-hydrogen) atoms. The van der Waals surface area contributed by atoms with Crippen molar-refractivity contribution in [3.63, 3.8) is 0 Å². The summed E-state index contributed by atoms with van der Waals surface area (Å²) in [5.41, 5.74) is 3.44. The van der Waals surface area contributed by atoms with Crippen LogP contribution in [-0.2, 0) is 17.8 Å². The molecule has 5 rings (SSSR count). The molecule has 2 aliphatic rings. The number of nitrogens with zero attached hydrogens (tertiary/aromatic N) is 3. The zero-order valence-electron chi connectivity index (χ0n) is 23.0. The van der Waals surface area contributed by atoms with Crippen molar-refractivity contribution < 1.29 is 14.0 Å². The number of carbonyl (C=O) groups is 2. The average Bonchev–Trinajstić information content (AvgIpc) is 3.07. The lowest BCUT2D eigenvalue weighted by molar-refractivity contribution is -0.117. The average molecular weight is 555 g/mol. The highest BCUT2D eigenvalue weighted by Crippen LogP contribution is 2.29. The number of carbonyl (C=O) groups excluding carboxylic acids is 2. The zero-order chi connectivity index (χ0) is 28.8. The largest absolute Gasteiger partial charge is 0.351 e. The number of rotatable bonds is 8. The van der Waals surface area contributed by atoms with Gasteiger partial charge in [-0.25, -0.2) is 4.39 Å². The Hall–Kier alpha value is -4.37. The summed E-state index contributed by atoms with van der Waals surface area (Å²) in [4.78, 5) is 30.2. The molecule has 0 aliphatic carbocycles. The lowest BCUT2D eigenvalue weighted by atomic mass is 9.90. The summed E-state index contributed by atoms with van der Waals surface area (Å²) in [6.07, 6.45) is 3.19. The van der Waals surface area contributed by atoms with Crippen LogP contribution in [0.1, 0.15) is 46.3 Å². The van der Waals surface area contributed by atoms with Crippen molar-refractivity contribution in [3.8, 4) is 0 Å². The van der Waals surface area contributed by atoms with E-state index in [1.165, 1.54) is 22.6 Å². The molecule has 0 bridgehead atoms. The number of piperidine rings is 1. The second-order valence-corrected chi connectivity index (χ2v) is 10.7. The van der Waals surface area contributed by atoms with E-state index >= 15 is 0 Å². The number of nitrogens with two attached hydrogens (primary N) is 1. The molecule has 1 fully saturated rings. The van der Waals surface area contributed by atoms with E-state index < -0.39 is 5.82 Å². The molecule has 2 heterocycles. The first-order chi connectivity index (χ1) is 19.9. The van der Waals surface area contributed by atoms with Crippen LogP contribution in [-0.4, -0.2) is 54.3 Å². The van der Waals surface area contributed by atoms with Crippen LogP contribution in [0.4, 0.5) is 10.1 Å². The molecule has 2 aliphatic heterocycles. The predicted octanol–water partition coefficient (Wildman–Crippen LogP) is 4.13. The van der Waals surface area contributed by atoms with Crippen LogP contribution in [0.5, 0.6) is 0 Å². The van der Waals surface area contributed by atoms with Gasteiger partial charge in [-0.2, -0.15) is 5.10 Å². The summed E-state index contributed by atoms with van der Waals surface area (Å²) in [7, 11) is 0. The van der Waals surface area contributed by atoms with Gasteiger partial charge in [0, 0.05) is 24.2 Å². The molecule has 0 aromatic heterocycles. The van der Waals surface area contributed by atoms with Crippen molar-refractivity contribution in [2.75, 3.05) is 31.1 Å². The number of hydrogen-bond acceptors (Lipinski definition) is 6. The van der Waals surface area contributed by atoms with E-state index in [4.69, 9.17) is 11.3 Å². The highest BCUT2D eigenvalue weighted by molar-refractivity contribution is 6.52. The third-order valence-electron chi connectivity index (χ3n) is 7.87. The van der Waals surface area contributed by atoms with Crippen molar-refractivity contribution in [2.45, 2.75) is 32.2 Å². The van der Waals surface area contributed by atoms with Gasteiger partial charge in [-0.15, -0.1) is 0 Å². The summed E-state index contributed by atoms with van der Waals surface area (Å²) >= 11 is 0. The fraction of sp³-hybridized carbons (Fsp3) is 0.312. The van der Waals surface area contributed by atoms with E-state index in [0.717, 1.165) is 38.9 Å². The van der Waals surface area contributed by atoms with Crippen LogP contribution in [0.15, 0.2) is 77.9 Å². The summed E-state index contributed by atoms with van der Waals surface area (Å²) in [6.45, 7) is 3.37. The predicted molar refractivity (Wildman–Crippen MR) is 159 cm³/mol. The Labute approximate surface area is 239 Å². The Balaban J connectivity index is 1.23. The van der Waals surface area contributed by atoms with Crippen LogP contribution < -0.4 is 16.1 Å². The summed E-state index contributed by atoms with van der Waals surface area (Å²) in [5, 5.41) is 15.1. The minimum atomic E-state index is -0.407. The second kappa shape index (κ2) is 12.9. The van der Waals surface area contributed by atoms with Crippen LogP contribution in [0.2, 0.25) is 0 Å². The first-order valence-electron chi connectivity index (χ1n) is 14.0. The van der Waals surface area contributed by atoms with E-state index in [1.54, 1.807) is 30.3 Å². The molecule has 0 atom stereocenters. The highest BCUT2D eigenvalue weighted by Gasteiger charge is 2.30. The number of nitrogens with one attached hydrogen (secondary N) is 2. The normalized spacial score (nSPS) is 17.4. The Bertz CT molecular complexity index is 1450. The smallest absolute Gasteiger partial charge is 0.251 e. The van der Waals surface area contributed by atoms with Crippen LogP contribution in [0.3, 0.4) is 0 Å². The van der Waals surface area contributed by atoms with Crippen molar-refractivity contribution >= 4 is 28.9 Å². The zero-order valence-corrected chi connectivity index (χ0v) is 23.0. The number of likely N-dealkylation sites (tertiary alicyclic amines) is 1. The van der Waals surface area contributed by atoms with Crippen molar-refractivity contribution in [1.29, 1.82) is 5.41 Å². The number of hydrazone groups is 1. The SMILES string of the molecule is N=C1CC(=O)N(Cc2cccc(F)c2)c2cc(C(=O)NCCN3CCC(Cc4ccccc4)CC3)ccc2C1=NN. The number of amides is 2. The quantitative estimate of drug-likeness (QED) is 0.287. The number of fused-ring (bicyclic) bond motifs is 1. The molecule has 212 valence electrons. The Morgan fingerprint density at radius 3 is 2.51 bits per heavy atom. The number of hydrogen-bond donors (Lipinski definition) is 3. The lowest BCUT2D eigenvalue weighted by Crippen LogP contribution is -2.40. The molecule has 1 saturated heterocycles. The maximum atomic E-state index is 13.9. The van der Waals surface area contributed by atoms with E-state index in [9.17, 15) is 14.0 Å². The van der Waals surface area contributed by atoms with Gasteiger partial charge < -0.3 is 26.4 Å². The highest BCUT2D eigenvalue weighted by atomic mass is 19.1. The van der Waals surface area contributed by atoms with Crippen LogP contribution in [0.25, 0.3) is 0 Å². The van der Waals surface area contributed by atoms with Crippen LogP contribution in [0, 0.1) is 17.1 Å². The molecule has 2 amide bonds. The molecule has 0 radical (unpaired) electrons. The Kier molecular flexibility index (Phi) is 8.84. The third-order valence-corrected chi connectivity index (χ3v) is 7.87. The molecule has 3 aromatic carbocycles. The van der Waals surface area contributed by atoms with Gasteiger partial charge in [-0.3, -0.25) is 9.59 Å². The topological polar surface area (TPSA) is 115 Å². The summed E-state index contributed by atoms with van der Waals surface area (Å²) in [6, 6.07) is 21.6. The lowest BCUT2D eigenvalue weighted by Gasteiger charge is -2.32. The van der Waals surface area contributed by atoms with Gasteiger partial charge in [0.15, 0.2) is 0 Å². The van der Waals surface area contributed by atoms with E-state index in [2.05, 4.69) is 39.6 Å². The molecule has 8 nitrogen and oxygen atoms in total. The number of anilines is 1. The minimum Gasteiger partial charge on any atom is -0.351 e. The van der Waals surface area contributed by atoms with Gasteiger partial charge in [0.05, 0.1) is 24.4 Å². The first-order valence-corrected chi connectivity index (χ1v) is 14.0. The van der Waals surface area contributed by atoms with Gasteiger partial charge in [0.2, 0.25) is 5.91 Å². The fourth-order valence-corrected chi connectivity index (χ4v) is 5.65. The number of halogens is 1. The van der Waals surface area contributed by atoms with Crippen LogP contribution >= 0.6 is 0 Å². The van der Waals surface area contributed by atoms with Gasteiger partial charge >= 0.3 is 0 Å². The van der Waals surface area contributed by atoms with Gasteiger partial charge in [-0.1, -0.05) is 42.5 Å². The Morgan fingerprint density at radius 1 is 1.02 bits per heavy atom. The molecule has 9 heteroatoms. The monoisotopic (exact) mass is 554 g/mol. The Morgan fingerprint density at radius 2 is 1.78 bits per heavy atom. The molecule has 0 saturated carbocycles.